The van der Waals surface area contributed by atoms with Crippen molar-refractivity contribution in [1.29, 1.82) is 0 Å². The van der Waals surface area contributed by atoms with E-state index in [-0.39, 0.29) is 5.91 Å². The Morgan fingerprint density at radius 1 is 1.00 bits per heavy atom. The molecule has 0 spiro atoms. The molecule has 1 aliphatic heterocycles. The van der Waals surface area contributed by atoms with Crippen molar-refractivity contribution in [2.24, 2.45) is 0 Å². The van der Waals surface area contributed by atoms with Crippen LogP contribution in [-0.4, -0.2) is 47.0 Å². The number of fused-ring (bicyclic) bond motifs is 1. The average molecular weight is 348 g/mol. The second kappa shape index (κ2) is 7.00. The van der Waals surface area contributed by atoms with Crippen LogP contribution in [0.15, 0.2) is 55.0 Å². The van der Waals surface area contributed by atoms with Gasteiger partial charge < -0.3 is 14.5 Å². The highest BCUT2D eigenvalue weighted by atomic mass is 16.5. The maximum Gasteiger partial charge on any atom is 0.219 e. The fourth-order valence-electron chi connectivity index (χ4n) is 3.19. The molecule has 6 heteroatoms. The SMILES string of the molecule is CC(=O)N1CCN(c2ccc(Oc3ccnc4ccncc34)cc2)CC1. The van der Waals surface area contributed by atoms with Crippen LogP contribution in [0.1, 0.15) is 6.92 Å². The molecule has 2 aromatic heterocycles. The van der Waals surface area contributed by atoms with Gasteiger partial charge >= 0.3 is 0 Å². The molecule has 1 saturated heterocycles. The summed E-state index contributed by atoms with van der Waals surface area (Å²) in [7, 11) is 0. The van der Waals surface area contributed by atoms with Crippen molar-refractivity contribution in [2.75, 3.05) is 31.1 Å². The van der Waals surface area contributed by atoms with Crippen LogP contribution in [0.2, 0.25) is 0 Å². The van der Waals surface area contributed by atoms with Gasteiger partial charge in [-0.3, -0.25) is 14.8 Å². The molecular weight excluding hydrogens is 328 g/mol. The topological polar surface area (TPSA) is 58.6 Å². The van der Waals surface area contributed by atoms with Crippen LogP contribution in [0.3, 0.4) is 0 Å². The standard InChI is InChI=1S/C20H20N4O2/c1-15(25)23-10-12-24(13-11-23)16-2-4-17(5-3-16)26-20-7-9-22-19-6-8-21-14-18(19)20/h2-9,14H,10-13H2,1H3. The fourth-order valence-corrected chi connectivity index (χ4v) is 3.19. The number of aromatic nitrogens is 2. The normalized spacial score (nSPS) is 14.5. The largest absolute Gasteiger partial charge is 0.457 e. The van der Waals surface area contributed by atoms with Crippen molar-refractivity contribution in [3.05, 3.63) is 55.0 Å². The maximum absolute atomic E-state index is 11.4. The zero-order valence-corrected chi connectivity index (χ0v) is 14.6. The van der Waals surface area contributed by atoms with Crippen molar-refractivity contribution in [3.8, 4) is 11.5 Å². The number of pyridine rings is 2. The summed E-state index contributed by atoms with van der Waals surface area (Å²) in [6.07, 6.45) is 5.22. The van der Waals surface area contributed by atoms with E-state index in [0.717, 1.165) is 54.3 Å². The van der Waals surface area contributed by atoms with Gasteiger partial charge in [0.15, 0.2) is 0 Å². The number of hydrogen-bond acceptors (Lipinski definition) is 5. The lowest BCUT2D eigenvalue weighted by atomic mass is 10.2. The van der Waals surface area contributed by atoms with Crippen molar-refractivity contribution < 1.29 is 9.53 Å². The monoisotopic (exact) mass is 348 g/mol. The third kappa shape index (κ3) is 3.31. The lowest BCUT2D eigenvalue weighted by Crippen LogP contribution is -2.48. The molecular formula is C20H20N4O2. The summed E-state index contributed by atoms with van der Waals surface area (Å²) in [5, 5.41) is 0.888. The van der Waals surface area contributed by atoms with Gasteiger partial charge in [0.2, 0.25) is 5.91 Å². The number of carbonyl (C=O) groups excluding carboxylic acids is 1. The summed E-state index contributed by atoms with van der Waals surface area (Å²) in [6.45, 7) is 4.86. The van der Waals surface area contributed by atoms with Crippen molar-refractivity contribution in [2.45, 2.75) is 6.92 Å². The van der Waals surface area contributed by atoms with Crippen LogP contribution in [0.25, 0.3) is 10.9 Å². The van der Waals surface area contributed by atoms with Crippen LogP contribution in [-0.2, 0) is 4.79 Å². The third-order valence-electron chi connectivity index (χ3n) is 4.66. The number of amides is 1. The van der Waals surface area contributed by atoms with E-state index in [1.54, 1.807) is 25.5 Å². The Bertz CT molecular complexity index is 913. The van der Waals surface area contributed by atoms with E-state index in [1.165, 1.54) is 0 Å². The van der Waals surface area contributed by atoms with Crippen LogP contribution < -0.4 is 9.64 Å². The van der Waals surface area contributed by atoms with Crippen LogP contribution in [0.5, 0.6) is 11.5 Å². The first-order valence-electron chi connectivity index (χ1n) is 8.68. The molecule has 1 aliphatic rings. The van der Waals surface area contributed by atoms with E-state index in [4.69, 9.17) is 4.74 Å². The Kier molecular flexibility index (Phi) is 4.39. The molecule has 6 nitrogen and oxygen atoms in total. The third-order valence-corrected chi connectivity index (χ3v) is 4.66. The second-order valence-electron chi connectivity index (χ2n) is 6.29. The van der Waals surface area contributed by atoms with E-state index >= 15 is 0 Å². The Morgan fingerprint density at radius 2 is 1.77 bits per heavy atom. The summed E-state index contributed by atoms with van der Waals surface area (Å²) in [4.78, 5) is 24.1. The predicted molar refractivity (Wildman–Crippen MR) is 101 cm³/mol. The lowest BCUT2D eigenvalue weighted by molar-refractivity contribution is -0.129. The van der Waals surface area contributed by atoms with E-state index in [1.807, 2.05) is 29.2 Å². The fraction of sp³-hybridized carbons (Fsp3) is 0.250. The molecule has 0 N–H and O–H groups in total. The molecule has 0 aliphatic carbocycles. The first-order chi connectivity index (χ1) is 12.7. The smallest absolute Gasteiger partial charge is 0.219 e. The number of carbonyl (C=O) groups is 1. The van der Waals surface area contributed by atoms with E-state index in [2.05, 4.69) is 27.0 Å². The van der Waals surface area contributed by atoms with Gasteiger partial charge in [0.25, 0.3) is 0 Å². The van der Waals surface area contributed by atoms with Gasteiger partial charge in [-0.1, -0.05) is 0 Å². The van der Waals surface area contributed by atoms with Crippen LogP contribution in [0, 0.1) is 0 Å². The first kappa shape index (κ1) is 16.3. The Balaban J connectivity index is 1.47. The van der Waals surface area contributed by atoms with Gasteiger partial charge in [-0.05, 0) is 36.4 Å². The Hall–Kier alpha value is -3.15. The molecule has 0 radical (unpaired) electrons. The number of hydrogen-bond donors (Lipinski definition) is 0. The summed E-state index contributed by atoms with van der Waals surface area (Å²) in [6, 6.07) is 11.8. The molecule has 0 atom stereocenters. The summed E-state index contributed by atoms with van der Waals surface area (Å²) in [5.41, 5.74) is 2.00. The molecule has 132 valence electrons. The zero-order valence-electron chi connectivity index (χ0n) is 14.6. The number of ether oxygens (including phenoxy) is 1. The van der Waals surface area contributed by atoms with Gasteiger partial charge in [0.1, 0.15) is 11.5 Å². The first-order valence-corrected chi connectivity index (χ1v) is 8.68. The lowest BCUT2D eigenvalue weighted by Gasteiger charge is -2.35. The molecule has 4 rings (SSSR count). The summed E-state index contributed by atoms with van der Waals surface area (Å²) in [5.74, 6) is 1.66. The van der Waals surface area contributed by atoms with Crippen LogP contribution in [0.4, 0.5) is 5.69 Å². The Labute approximate surface area is 152 Å². The highest BCUT2D eigenvalue weighted by Crippen LogP contribution is 2.29. The minimum Gasteiger partial charge on any atom is -0.457 e. The van der Waals surface area contributed by atoms with Crippen LogP contribution >= 0.6 is 0 Å². The number of nitrogens with zero attached hydrogens (tertiary/aromatic N) is 4. The molecule has 0 saturated carbocycles. The highest BCUT2D eigenvalue weighted by Gasteiger charge is 2.18. The van der Waals surface area contributed by atoms with Crippen molar-refractivity contribution in [3.63, 3.8) is 0 Å². The second-order valence-corrected chi connectivity index (χ2v) is 6.29. The minimum atomic E-state index is 0.146. The molecule has 26 heavy (non-hydrogen) atoms. The molecule has 1 fully saturated rings. The van der Waals surface area contributed by atoms with E-state index in [0.29, 0.717) is 0 Å². The van der Waals surface area contributed by atoms with E-state index < -0.39 is 0 Å². The van der Waals surface area contributed by atoms with Gasteiger partial charge in [0.05, 0.1) is 10.9 Å². The van der Waals surface area contributed by atoms with Crippen molar-refractivity contribution in [1.82, 2.24) is 14.9 Å². The quantitative estimate of drug-likeness (QED) is 0.728. The van der Waals surface area contributed by atoms with Gasteiger partial charge in [-0.15, -0.1) is 0 Å². The minimum absolute atomic E-state index is 0.146. The molecule has 1 aromatic carbocycles. The molecule has 0 unspecified atom stereocenters. The Morgan fingerprint density at radius 3 is 2.50 bits per heavy atom. The molecule has 1 amide bonds. The number of rotatable bonds is 3. The number of benzene rings is 1. The van der Waals surface area contributed by atoms with Gasteiger partial charge in [-0.25, -0.2) is 0 Å². The van der Waals surface area contributed by atoms with Gasteiger partial charge in [0, 0.05) is 57.4 Å². The predicted octanol–water partition coefficient (Wildman–Crippen LogP) is 3.09. The molecule has 3 aromatic rings. The average Bonchev–Trinajstić information content (AvgIpc) is 2.69. The highest BCUT2D eigenvalue weighted by molar-refractivity contribution is 5.84. The van der Waals surface area contributed by atoms with Gasteiger partial charge in [-0.2, -0.15) is 0 Å². The summed E-state index contributed by atoms with van der Waals surface area (Å²) >= 11 is 0. The van der Waals surface area contributed by atoms with E-state index in [9.17, 15) is 4.79 Å². The zero-order chi connectivity index (χ0) is 17.9. The number of anilines is 1. The van der Waals surface area contributed by atoms with Crippen molar-refractivity contribution >= 4 is 22.5 Å². The summed E-state index contributed by atoms with van der Waals surface area (Å²) < 4.78 is 6.03. The molecule has 0 bridgehead atoms. The maximum atomic E-state index is 11.4. The molecule has 3 heterocycles. The number of piperazine rings is 1.